The van der Waals surface area contributed by atoms with Crippen LogP contribution in [0.2, 0.25) is 15.1 Å². The molecule has 0 aliphatic carbocycles. The highest BCUT2D eigenvalue weighted by atomic mass is 35.5. The van der Waals surface area contributed by atoms with Crippen molar-refractivity contribution in [1.29, 1.82) is 0 Å². The molecule has 2 aromatic carbocycles. The lowest BCUT2D eigenvalue weighted by Gasteiger charge is -2.13. The van der Waals surface area contributed by atoms with Crippen LogP contribution in [0, 0.1) is 0 Å². The second-order valence-electron chi connectivity index (χ2n) is 5.84. The number of nitrogens with zero attached hydrogens (tertiary/aromatic N) is 1. The quantitative estimate of drug-likeness (QED) is 0.536. The van der Waals surface area contributed by atoms with E-state index in [1.54, 1.807) is 12.1 Å². The second-order valence-corrected chi connectivity index (χ2v) is 7.07. The largest absolute Gasteiger partial charge is 0.292 e. The lowest BCUT2D eigenvalue weighted by molar-refractivity contribution is -0.135. The molecule has 0 saturated heterocycles. The lowest BCUT2D eigenvalue weighted by atomic mass is 9.95. The molecule has 0 atom stereocenters. The Labute approximate surface area is 164 Å². The number of para-hydroxylation sites is 1. The molecule has 4 nitrogen and oxygen atoms in total. The summed E-state index contributed by atoms with van der Waals surface area (Å²) in [6, 6.07) is 10.1. The van der Waals surface area contributed by atoms with Crippen molar-refractivity contribution >= 4 is 63.6 Å². The molecule has 2 aromatic rings. The van der Waals surface area contributed by atoms with Gasteiger partial charge in [-0.2, -0.15) is 0 Å². The number of benzene rings is 2. The molecule has 26 heavy (non-hydrogen) atoms. The number of carbonyl (C=O) groups excluding carboxylic acids is 3. The number of rotatable bonds is 5. The number of fused-ring (bicyclic) bond motifs is 1. The Bertz CT molecular complexity index is 966. The van der Waals surface area contributed by atoms with Crippen molar-refractivity contribution in [3.05, 3.63) is 62.6 Å². The molecule has 0 spiro atoms. The maximum absolute atomic E-state index is 12.3. The molecule has 7 heteroatoms. The number of ketones is 3. The molecule has 1 heterocycles. The van der Waals surface area contributed by atoms with Gasteiger partial charge in [0, 0.05) is 17.9 Å². The van der Waals surface area contributed by atoms with Crippen molar-refractivity contribution in [2.75, 3.05) is 0 Å². The van der Waals surface area contributed by atoms with Crippen LogP contribution in [0.25, 0.3) is 0 Å². The fraction of sp³-hybridized carbons (Fsp3) is 0.158. The van der Waals surface area contributed by atoms with Gasteiger partial charge in [-0.15, -0.1) is 0 Å². The van der Waals surface area contributed by atoms with Gasteiger partial charge in [-0.3, -0.25) is 14.4 Å². The van der Waals surface area contributed by atoms with Crippen LogP contribution in [0.1, 0.15) is 17.5 Å². The van der Waals surface area contributed by atoms with Gasteiger partial charge < -0.3 is 0 Å². The minimum atomic E-state index is -0.696. The molecule has 0 amide bonds. The predicted molar refractivity (Wildman–Crippen MR) is 102 cm³/mol. The summed E-state index contributed by atoms with van der Waals surface area (Å²) in [6.07, 6.45) is -0.368. The highest BCUT2D eigenvalue weighted by molar-refractivity contribution is 6.51. The average Bonchev–Trinajstić information content (AvgIpc) is 2.60. The van der Waals surface area contributed by atoms with Crippen molar-refractivity contribution in [3.63, 3.8) is 0 Å². The molecule has 0 bridgehead atoms. The molecule has 1 aliphatic rings. The molecular weight excluding hydrogens is 397 g/mol. The number of halogens is 3. The smallest absolute Gasteiger partial charge is 0.204 e. The van der Waals surface area contributed by atoms with Crippen LogP contribution in [0.15, 0.2) is 41.4 Å². The van der Waals surface area contributed by atoms with Gasteiger partial charge in [-0.05, 0) is 29.3 Å². The normalized spacial score (nSPS) is 13.2. The first-order chi connectivity index (χ1) is 12.3. The van der Waals surface area contributed by atoms with Gasteiger partial charge in [-0.1, -0.05) is 53.0 Å². The minimum Gasteiger partial charge on any atom is -0.292 e. The molecule has 3 rings (SSSR count). The van der Waals surface area contributed by atoms with Gasteiger partial charge in [0.2, 0.25) is 11.6 Å². The first-order valence-electron chi connectivity index (χ1n) is 7.73. The van der Waals surface area contributed by atoms with Gasteiger partial charge >= 0.3 is 0 Å². The molecule has 0 aromatic heterocycles. The van der Waals surface area contributed by atoms with E-state index in [2.05, 4.69) is 4.99 Å². The maximum Gasteiger partial charge on any atom is 0.204 e. The van der Waals surface area contributed by atoms with E-state index in [1.807, 2.05) is 12.1 Å². The maximum atomic E-state index is 12.3. The van der Waals surface area contributed by atoms with Crippen LogP contribution in [0.4, 0.5) is 5.69 Å². The van der Waals surface area contributed by atoms with E-state index in [9.17, 15) is 14.4 Å². The van der Waals surface area contributed by atoms with Crippen molar-refractivity contribution in [1.82, 2.24) is 0 Å². The lowest BCUT2D eigenvalue weighted by Crippen LogP contribution is -2.27. The van der Waals surface area contributed by atoms with E-state index in [4.69, 9.17) is 34.8 Å². The Morgan fingerprint density at radius 3 is 2.35 bits per heavy atom. The Hall–Kier alpha value is -2.01. The second kappa shape index (κ2) is 7.70. The number of hydrogen-bond donors (Lipinski definition) is 0. The van der Waals surface area contributed by atoms with E-state index < -0.39 is 11.6 Å². The van der Waals surface area contributed by atoms with Crippen LogP contribution in [-0.4, -0.2) is 23.1 Å². The molecular formula is C19H12Cl3NO3. The molecule has 132 valence electrons. The summed E-state index contributed by atoms with van der Waals surface area (Å²) in [5.74, 6) is -1.62. The number of Topliss-reactive ketones (excluding diaryl/α,β-unsaturated/α-hetero) is 3. The molecule has 0 fully saturated rings. The fourth-order valence-corrected chi connectivity index (χ4v) is 3.25. The van der Waals surface area contributed by atoms with Crippen LogP contribution >= 0.6 is 34.8 Å². The Balaban J connectivity index is 1.74. The molecule has 0 saturated carbocycles. The van der Waals surface area contributed by atoms with E-state index in [0.717, 1.165) is 5.56 Å². The standard InChI is InChI=1S/C19H12Cl3NO3/c20-12-8-14(22)13(21)5-11(12)7-18(25)19(26)9-16-17(24)6-10-3-1-2-4-15(10)23-16/h1-5,8H,6-7,9H2. The topological polar surface area (TPSA) is 63.6 Å². The van der Waals surface area contributed by atoms with E-state index in [-0.39, 0.29) is 45.8 Å². The Morgan fingerprint density at radius 1 is 0.923 bits per heavy atom. The van der Waals surface area contributed by atoms with Gasteiger partial charge in [0.25, 0.3) is 0 Å². The Kier molecular flexibility index (Phi) is 5.56. The van der Waals surface area contributed by atoms with Crippen molar-refractivity contribution in [3.8, 4) is 0 Å². The van der Waals surface area contributed by atoms with E-state index in [1.165, 1.54) is 12.1 Å². The minimum absolute atomic E-state index is 0.0993. The average molecular weight is 409 g/mol. The highest BCUT2D eigenvalue weighted by Crippen LogP contribution is 2.29. The van der Waals surface area contributed by atoms with Crippen LogP contribution < -0.4 is 0 Å². The zero-order valence-electron chi connectivity index (χ0n) is 13.4. The third-order valence-corrected chi connectivity index (χ3v) is 5.07. The van der Waals surface area contributed by atoms with Gasteiger partial charge in [-0.25, -0.2) is 4.99 Å². The van der Waals surface area contributed by atoms with Crippen LogP contribution in [0.3, 0.4) is 0 Å². The zero-order chi connectivity index (χ0) is 18.8. The molecule has 0 radical (unpaired) electrons. The van der Waals surface area contributed by atoms with Crippen LogP contribution in [0.5, 0.6) is 0 Å². The number of aliphatic imine (C=N–C) groups is 1. The Morgan fingerprint density at radius 2 is 1.58 bits per heavy atom. The van der Waals surface area contributed by atoms with E-state index in [0.29, 0.717) is 11.3 Å². The predicted octanol–water partition coefficient (Wildman–Crippen LogP) is 4.62. The summed E-state index contributed by atoms with van der Waals surface area (Å²) < 4.78 is 0. The zero-order valence-corrected chi connectivity index (χ0v) is 15.7. The van der Waals surface area contributed by atoms with Crippen molar-refractivity contribution in [2.24, 2.45) is 4.99 Å². The van der Waals surface area contributed by atoms with Crippen molar-refractivity contribution in [2.45, 2.75) is 19.3 Å². The van der Waals surface area contributed by atoms with E-state index >= 15 is 0 Å². The van der Waals surface area contributed by atoms with Crippen molar-refractivity contribution < 1.29 is 14.4 Å². The highest BCUT2D eigenvalue weighted by Gasteiger charge is 2.25. The summed E-state index contributed by atoms with van der Waals surface area (Å²) in [5, 5.41) is 0.760. The summed E-state index contributed by atoms with van der Waals surface area (Å²) in [4.78, 5) is 40.9. The summed E-state index contributed by atoms with van der Waals surface area (Å²) >= 11 is 17.8. The molecule has 1 aliphatic heterocycles. The third kappa shape index (κ3) is 4.04. The summed E-state index contributed by atoms with van der Waals surface area (Å²) in [6.45, 7) is 0. The van der Waals surface area contributed by atoms with Gasteiger partial charge in [0.1, 0.15) is 0 Å². The monoisotopic (exact) mass is 407 g/mol. The summed E-state index contributed by atoms with van der Waals surface area (Å²) in [5.41, 5.74) is 1.96. The first-order valence-corrected chi connectivity index (χ1v) is 8.86. The first kappa shape index (κ1) is 18.8. The number of hydrogen-bond acceptors (Lipinski definition) is 4. The third-order valence-electron chi connectivity index (χ3n) is 4.00. The van der Waals surface area contributed by atoms with Gasteiger partial charge in [0.05, 0.1) is 27.9 Å². The summed E-state index contributed by atoms with van der Waals surface area (Å²) in [7, 11) is 0. The number of carbonyl (C=O) groups is 3. The molecule has 0 N–H and O–H groups in total. The SMILES string of the molecule is O=C(CC1=Nc2ccccc2CC1=O)C(=O)Cc1cc(Cl)c(Cl)cc1Cl. The molecule has 0 unspecified atom stereocenters. The van der Waals surface area contributed by atoms with Crippen LogP contribution in [-0.2, 0) is 27.2 Å². The van der Waals surface area contributed by atoms with Gasteiger partial charge in [0.15, 0.2) is 5.78 Å². The fourth-order valence-electron chi connectivity index (χ4n) is 2.61.